The molecule has 2 aromatic heterocycles. The first-order valence-corrected chi connectivity index (χ1v) is 10.8. The first kappa shape index (κ1) is 22.8. The fourth-order valence-corrected chi connectivity index (χ4v) is 4.03. The Kier molecular flexibility index (Phi) is 6.35. The van der Waals surface area contributed by atoms with E-state index in [0.717, 1.165) is 36.4 Å². The Balaban J connectivity index is 1.44. The number of nitrogens with zero attached hydrogens (tertiary/aromatic N) is 6. The third-order valence-electron chi connectivity index (χ3n) is 5.85. The zero-order valence-electron chi connectivity index (χ0n) is 18.7. The van der Waals surface area contributed by atoms with Crippen LogP contribution in [0.5, 0.6) is 0 Å². The molecule has 174 valence electrons. The number of halogens is 3. The van der Waals surface area contributed by atoms with Gasteiger partial charge >= 0.3 is 0 Å². The SMILES string of the molecule is CCC[C@@H]1C(=O)N(C)c2cnc(CCc3cnn(Cc4cc(F)c(F)c(F)c4)c3)nc2N1C. The monoisotopic (exact) mass is 458 g/mol. The number of aryl methyl sites for hydroxylation is 2. The Hall–Kier alpha value is -3.43. The molecule has 1 aliphatic heterocycles. The second kappa shape index (κ2) is 9.21. The number of anilines is 2. The molecule has 3 heterocycles. The number of benzene rings is 1. The van der Waals surface area contributed by atoms with Crippen LogP contribution in [0.4, 0.5) is 24.7 Å². The van der Waals surface area contributed by atoms with Crippen LogP contribution in [0.3, 0.4) is 0 Å². The maximum absolute atomic E-state index is 13.4. The normalized spacial score (nSPS) is 15.8. The van der Waals surface area contributed by atoms with Gasteiger partial charge in [0.05, 0.1) is 18.9 Å². The van der Waals surface area contributed by atoms with Gasteiger partial charge in [-0.2, -0.15) is 5.10 Å². The van der Waals surface area contributed by atoms with E-state index in [4.69, 9.17) is 4.98 Å². The summed E-state index contributed by atoms with van der Waals surface area (Å²) in [4.78, 5) is 25.3. The van der Waals surface area contributed by atoms with Gasteiger partial charge in [-0.1, -0.05) is 13.3 Å². The molecular formula is C23H25F3N6O. The van der Waals surface area contributed by atoms with Crippen molar-refractivity contribution in [2.24, 2.45) is 0 Å². The first-order valence-electron chi connectivity index (χ1n) is 10.8. The molecule has 0 bridgehead atoms. The maximum atomic E-state index is 13.4. The van der Waals surface area contributed by atoms with Gasteiger partial charge in [-0.3, -0.25) is 9.48 Å². The summed E-state index contributed by atoms with van der Waals surface area (Å²) in [5, 5.41) is 4.22. The highest BCUT2D eigenvalue weighted by Crippen LogP contribution is 2.33. The smallest absolute Gasteiger partial charge is 0.249 e. The van der Waals surface area contributed by atoms with Gasteiger partial charge in [-0.05, 0) is 36.1 Å². The number of hydrogen-bond donors (Lipinski definition) is 0. The molecule has 0 aliphatic carbocycles. The molecule has 3 aromatic rings. The van der Waals surface area contributed by atoms with Gasteiger partial charge in [0.15, 0.2) is 23.3 Å². The van der Waals surface area contributed by atoms with Crippen LogP contribution in [0.2, 0.25) is 0 Å². The van der Waals surface area contributed by atoms with Crippen LogP contribution in [0.15, 0.2) is 30.7 Å². The van der Waals surface area contributed by atoms with E-state index < -0.39 is 17.5 Å². The van der Waals surface area contributed by atoms with Crippen molar-refractivity contribution >= 4 is 17.4 Å². The summed E-state index contributed by atoms with van der Waals surface area (Å²) in [6, 6.07) is 1.69. The van der Waals surface area contributed by atoms with E-state index in [9.17, 15) is 18.0 Å². The Labute approximate surface area is 189 Å². The molecule has 33 heavy (non-hydrogen) atoms. The third-order valence-corrected chi connectivity index (χ3v) is 5.85. The lowest BCUT2D eigenvalue weighted by atomic mass is 10.1. The number of hydrogen-bond acceptors (Lipinski definition) is 5. The van der Waals surface area contributed by atoms with E-state index in [-0.39, 0.29) is 24.1 Å². The van der Waals surface area contributed by atoms with Crippen molar-refractivity contribution < 1.29 is 18.0 Å². The van der Waals surface area contributed by atoms with E-state index in [1.165, 1.54) is 0 Å². The quantitative estimate of drug-likeness (QED) is 0.507. The number of aromatic nitrogens is 4. The number of carbonyl (C=O) groups is 1. The van der Waals surface area contributed by atoms with E-state index in [1.807, 2.05) is 18.9 Å². The Morgan fingerprint density at radius 3 is 2.45 bits per heavy atom. The Bertz CT molecular complexity index is 1160. The standard InChI is InChI=1S/C23H25F3N6O/c1-4-5-18-23(33)31(3)19-11-27-20(29-22(19)30(18)2)7-6-14-10-28-32(12-14)13-15-8-16(24)21(26)17(25)9-15/h8-12,18H,4-7,13H2,1-3H3/t18-/m1/s1. The molecular weight excluding hydrogens is 433 g/mol. The molecule has 0 saturated heterocycles. The lowest BCUT2D eigenvalue weighted by Gasteiger charge is -2.38. The maximum Gasteiger partial charge on any atom is 0.249 e. The molecule has 1 atom stereocenters. The zero-order chi connectivity index (χ0) is 23.7. The summed E-state index contributed by atoms with van der Waals surface area (Å²) in [5.41, 5.74) is 1.87. The van der Waals surface area contributed by atoms with Crippen molar-refractivity contribution in [1.29, 1.82) is 0 Å². The van der Waals surface area contributed by atoms with Crippen LogP contribution in [-0.2, 0) is 24.2 Å². The molecule has 0 saturated carbocycles. The largest absolute Gasteiger partial charge is 0.346 e. The molecule has 7 nitrogen and oxygen atoms in total. The molecule has 0 N–H and O–H groups in total. The lowest BCUT2D eigenvalue weighted by Crippen LogP contribution is -2.51. The summed E-state index contributed by atoms with van der Waals surface area (Å²) in [7, 11) is 3.62. The van der Waals surface area contributed by atoms with Gasteiger partial charge in [-0.15, -0.1) is 0 Å². The average molecular weight is 458 g/mol. The Morgan fingerprint density at radius 1 is 1.03 bits per heavy atom. The van der Waals surface area contributed by atoms with Crippen LogP contribution < -0.4 is 9.80 Å². The van der Waals surface area contributed by atoms with E-state index in [0.29, 0.717) is 24.4 Å². The van der Waals surface area contributed by atoms with Crippen molar-refractivity contribution in [3.8, 4) is 0 Å². The predicted octanol–water partition coefficient (Wildman–Crippen LogP) is 3.51. The van der Waals surface area contributed by atoms with Gasteiger partial charge in [0, 0.05) is 26.7 Å². The average Bonchev–Trinajstić information content (AvgIpc) is 3.24. The lowest BCUT2D eigenvalue weighted by molar-refractivity contribution is -0.120. The molecule has 10 heteroatoms. The fraction of sp³-hybridized carbons (Fsp3) is 0.391. The minimum absolute atomic E-state index is 0.0385. The number of carbonyl (C=O) groups excluding carboxylic acids is 1. The number of rotatable bonds is 7. The molecule has 0 spiro atoms. The van der Waals surface area contributed by atoms with Crippen LogP contribution >= 0.6 is 0 Å². The summed E-state index contributed by atoms with van der Waals surface area (Å²) in [6.07, 6.45) is 7.93. The molecule has 0 unspecified atom stereocenters. The number of likely N-dealkylation sites (N-methyl/N-ethyl adjacent to an activating group) is 2. The zero-order valence-corrected chi connectivity index (χ0v) is 18.7. The minimum Gasteiger partial charge on any atom is -0.346 e. The second-order valence-electron chi connectivity index (χ2n) is 8.23. The summed E-state index contributed by atoms with van der Waals surface area (Å²) < 4.78 is 41.5. The van der Waals surface area contributed by atoms with Gasteiger partial charge in [0.1, 0.15) is 17.6 Å². The fourth-order valence-electron chi connectivity index (χ4n) is 4.03. The van der Waals surface area contributed by atoms with Crippen LogP contribution in [0, 0.1) is 17.5 Å². The molecule has 1 aromatic carbocycles. The van der Waals surface area contributed by atoms with Gasteiger partial charge in [-0.25, -0.2) is 23.1 Å². The Morgan fingerprint density at radius 2 is 1.76 bits per heavy atom. The highest BCUT2D eigenvalue weighted by molar-refractivity contribution is 6.04. The molecule has 1 aliphatic rings. The third kappa shape index (κ3) is 4.55. The molecule has 1 amide bonds. The van der Waals surface area contributed by atoms with Gasteiger partial charge in [0.25, 0.3) is 0 Å². The highest BCUT2D eigenvalue weighted by Gasteiger charge is 2.35. The van der Waals surface area contributed by atoms with Crippen molar-refractivity contribution in [2.75, 3.05) is 23.9 Å². The predicted molar refractivity (Wildman–Crippen MR) is 118 cm³/mol. The number of amides is 1. The van der Waals surface area contributed by atoms with Crippen LogP contribution in [-0.4, -0.2) is 45.8 Å². The van der Waals surface area contributed by atoms with Crippen molar-refractivity contribution in [3.63, 3.8) is 0 Å². The van der Waals surface area contributed by atoms with E-state index in [1.54, 1.807) is 35.2 Å². The van der Waals surface area contributed by atoms with E-state index in [2.05, 4.69) is 10.1 Å². The van der Waals surface area contributed by atoms with Gasteiger partial charge < -0.3 is 9.80 Å². The van der Waals surface area contributed by atoms with Crippen molar-refractivity contribution in [2.45, 2.75) is 45.2 Å². The summed E-state index contributed by atoms with van der Waals surface area (Å²) >= 11 is 0. The van der Waals surface area contributed by atoms with E-state index >= 15 is 0 Å². The minimum atomic E-state index is -1.48. The van der Waals surface area contributed by atoms with Crippen LogP contribution in [0.25, 0.3) is 0 Å². The summed E-state index contributed by atoms with van der Waals surface area (Å²) in [5.74, 6) is -2.50. The molecule has 4 rings (SSSR count). The van der Waals surface area contributed by atoms with Gasteiger partial charge in [0.2, 0.25) is 5.91 Å². The van der Waals surface area contributed by atoms with Crippen molar-refractivity contribution in [1.82, 2.24) is 19.7 Å². The topological polar surface area (TPSA) is 67.2 Å². The highest BCUT2D eigenvalue weighted by atomic mass is 19.2. The van der Waals surface area contributed by atoms with Crippen LogP contribution in [0.1, 0.15) is 36.7 Å². The summed E-state index contributed by atoms with van der Waals surface area (Å²) in [6.45, 7) is 2.17. The number of fused-ring (bicyclic) bond motifs is 1. The first-order chi connectivity index (χ1) is 15.8. The molecule has 0 radical (unpaired) electrons. The second-order valence-corrected chi connectivity index (χ2v) is 8.23. The molecule has 0 fully saturated rings. The van der Waals surface area contributed by atoms with Crippen molar-refractivity contribution in [3.05, 3.63) is 65.1 Å².